The Bertz CT molecular complexity index is 614. The van der Waals surface area contributed by atoms with Crippen LogP contribution in [-0.2, 0) is 20.6 Å². The van der Waals surface area contributed by atoms with Gasteiger partial charge < -0.3 is 19.3 Å². The van der Waals surface area contributed by atoms with Gasteiger partial charge in [0, 0.05) is 19.3 Å². The minimum Gasteiger partial charge on any atom is -0.465 e. The Hall–Kier alpha value is -2.52. The summed E-state index contributed by atoms with van der Waals surface area (Å²) in [6.07, 6.45) is 0.770. The third-order valence-electron chi connectivity index (χ3n) is 3.15. The van der Waals surface area contributed by atoms with Gasteiger partial charge in [-0.3, -0.25) is 10.1 Å². The van der Waals surface area contributed by atoms with Crippen LogP contribution in [0.1, 0.15) is 32.7 Å². The molecule has 1 rings (SSSR count). The first-order valence-electron chi connectivity index (χ1n) is 7.12. The molecule has 0 saturated carbocycles. The molecule has 132 valence electrons. The lowest BCUT2D eigenvalue weighted by Crippen LogP contribution is -2.15. The number of esters is 2. The molecule has 24 heavy (non-hydrogen) atoms. The maximum Gasteiger partial charge on any atom is 0.345 e. The molecule has 1 N–H and O–H groups in total. The van der Waals surface area contributed by atoms with Crippen molar-refractivity contribution in [2.75, 3.05) is 34.0 Å². The molecule has 0 radical (unpaired) electrons. The summed E-state index contributed by atoms with van der Waals surface area (Å²) >= 11 is 0. The molecule has 9 heteroatoms. The highest BCUT2D eigenvalue weighted by Gasteiger charge is 2.29. The zero-order chi connectivity index (χ0) is 18.1. The van der Waals surface area contributed by atoms with Crippen LogP contribution in [0.25, 0.3) is 0 Å². The molecular weight excluding hydrogens is 322 g/mol. The average Bonchev–Trinajstić information content (AvgIpc) is 2.59. The number of nitrogens with zero attached hydrogens (tertiary/aromatic N) is 1. The third-order valence-corrected chi connectivity index (χ3v) is 3.15. The van der Waals surface area contributed by atoms with Gasteiger partial charge >= 0.3 is 11.9 Å². The predicted octanol–water partition coefficient (Wildman–Crippen LogP) is 1.11. The predicted molar refractivity (Wildman–Crippen MR) is 82.0 cm³/mol. The van der Waals surface area contributed by atoms with Gasteiger partial charge in [0.15, 0.2) is 5.56 Å². The lowest BCUT2D eigenvalue weighted by Gasteiger charge is -2.10. The van der Waals surface area contributed by atoms with Crippen molar-refractivity contribution >= 4 is 17.6 Å². The number of nitro groups is 1. The molecule has 1 aromatic rings. The van der Waals surface area contributed by atoms with Crippen LogP contribution in [0.5, 0.6) is 0 Å². The van der Waals surface area contributed by atoms with Gasteiger partial charge in [0.25, 0.3) is 5.69 Å². The van der Waals surface area contributed by atoms with Gasteiger partial charge in [0.1, 0.15) is 0 Å². The zero-order valence-electron chi connectivity index (χ0n) is 13.4. The number of methoxy groups -OCH3 is 2. The summed E-state index contributed by atoms with van der Waals surface area (Å²) in [6.45, 7) is 0.601. The van der Waals surface area contributed by atoms with Crippen molar-refractivity contribution in [3.63, 3.8) is 0 Å². The van der Waals surface area contributed by atoms with Crippen molar-refractivity contribution in [3.8, 4) is 0 Å². The van der Waals surface area contributed by atoms with Crippen LogP contribution in [0, 0.1) is 10.1 Å². The highest BCUT2D eigenvalue weighted by atomic mass is 16.6. The fourth-order valence-electron chi connectivity index (χ4n) is 2.02. The molecule has 1 aromatic carbocycles. The summed E-state index contributed by atoms with van der Waals surface area (Å²) in [4.78, 5) is 34.2. The van der Waals surface area contributed by atoms with Crippen molar-refractivity contribution in [1.82, 2.24) is 0 Å². The summed E-state index contributed by atoms with van der Waals surface area (Å²) in [6, 6.07) is 2.55. The Balaban J connectivity index is 3.19. The molecule has 0 fully saturated rings. The SMILES string of the molecule is COC(=O)c1cc(CCOCCCO)cc([N+](=O)[O-])c1C(=O)OC. The van der Waals surface area contributed by atoms with Crippen LogP contribution in [-0.4, -0.2) is 56.0 Å². The quantitative estimate of drug-likeness (QED) is 0.306. The van der Waals surface area contributed by atoms with Crippen LogP contribution in [0.15, 0.2) is 12.1 Å². The molecule has 0 aliphatic heterocycles. The van der Waals surface area contributed by atoms with Crippen LogP contribution < -0.4 is 0 Å². The van der Waals surface area contributed by atoms with E-state index in [0.717, 1.165) is 14.2 Å². The molecule has 9 nitrogen and oxygen atoms in total. The molecule has 0 unspecified atom stereocenters. The van der Waals surface area contributed by atoms with E-state index < -0.39 is 28.1 Å². The smallest absolute Gasteiger partial charge is 0.345 e. The topological polar surface area (TPSA) is 125 Å². The van der Waals surface area contributed by atoms with E-state index in [9.17, 15) is 19.7 Å². The van der Waals surface area contributed by atoms with Crippen LogP contribution in [0.3, 0.4) is 0 Å². The minimum atomic E-state index is -0.993. The first kappa shape index (κ1) is 19.5. The summed E-state index contributed by atoms with van der Waals surface area (Å²) in [5.41, 5.74) is -0.767. The molecule has 0 saturated heterocycles. The number of aliphatic hydroxyl groups excluding tert-OH is 1. The largest absolute Gasteiger partial charge is 0.465 e. The lowest BCUT2D eigenvalue weighted by atomic mass is 10.00. The maximum absolute atomic E-state index is 11.9. The first-order chi connectivity index (χ1) is 11.5. The fourth-order valence-corrected chi connectivity index (χ4v) is 2.02. The molecule has 0 heterocycles. The van der Waals surface area contributed by atoms with E-state index in [4.69, 9.17) is 9.84 Å². The maximum atomic E-state index is 11.9. The van der Waals surface area contributed by atoms with Crippen molar-refractivity contribution in [3.05, 3.63) is 38.9 Å². The van der Waals surface area contributed by atoms with Gasteiger partial charge in [-0.2, -0.15) is 0 Å². The van der Waals surface area contributed by atoms with E-state index in [2.05, 4.69) is 9.47 Å². The molecular formula is C15H19NO8. The Morgan fingerprint density at radius 1 is 1.17 bits per heavy atom. The van der Waals surface area contributed by atoms with Gasteiger partial charge in [0.05, 0.1) is 31.3 Å². The summed E-state index contributed by atoms with van der Waals surface area (Å²) in [5, 5.41) is 19.9. The second-order valence-corrected chi connectivity index (χ2v) is 4.72. The number of carbonyl (C=O) groups is 2. The molecule has 0 spiro atoms. The summed E-state index contributed by atoms with van der Waals surface area (Å²) in [5.74, 6) is -1.87. The Morgan fingerprint density at radius 2 is 1.83 bits per heavy atom. The molecule has 0 atom stereocenters. The van der Waals surface area contributed by atoms with Crippen LogP contribution >= 0.6 is 0 Å². The molecule has 0 bridgehead atoms. The van der Waals surface area contributed by atoms with Crippen molar-refractivity contribution in [1.29, 1.82) is 0 Å². The number of carbonyl (C=O) groups excluding carboxylic acids is 2. The minimum absolute atomic E-state index is 0.00574. The van der Waals surface area contributed by atoms with E-state index >= 15 is 0 Å². The Morgan fingerprint density at radius 3 is 2.38 bits per heavy atom. The average molecular weight is 341 g/mol. The molecule has 0 amide bonds. The summed E-state index contributed by atoms with van der Waals surface area (Å²) in [7, 11) is 2.18. The number of hydrogen-bond acceptors (Lipinski definition) is 8. The second kappa shape index (κ2) is 9.58. The Kier molecular flexibility index (Phi) is 7.80. The zero-order valence-corrected chi connectivity index (χ0v) is 13.4. The van der Waals surface area contributed by atoms with Gasteiger partial charge in [-0.05, 0) is 24.5 Å². The molecule has 0 aromatic heterocycles. The van der Waals surface area contributed by atoms with Crippen molar-refractivity contribution in [2.24, 2.45) is 0 Å². The first-order valence-corrected chi connectivity index (χ1v) is 7.12. The number of hydrogen-bond donors (Lipinski definition) is 1. The number of aliphatic hydroxyl groups is 1. The normalized spacial score (nSPS) is 10.3. The monoisotopic (exact) mass is 341 g/mol. The van der Waals surface area contributed by atoms with E-state index in [1.165, 1.54) is 12.1 Å². The third kappa shape index (κ3) is 5.00. The highest BCUT2D eigenvalue weighted by molar-refractivity contribution is 6.06. The van der Waals surface area contributed by atoms with Gasteiger partial charge in [0.2, 0.25) is 0 Å². The number of ether oxygens (including phenoxy) is 3. The number of rotatable bonds is 9. The van der Waals surface area contributed by atoms with Gasteiger partial charge in [-0.1, -0.05) is 0 Å². The van der Waals surface area contributed by atoms with E-state index in [1.54, 1.807) is 0 Å². The highest BCUT2D eigenvalue weighted by Crippen LogP contribution is 2.27. The van der Waals surface area contributed by atoms with Crippen LogP contribution in [0.2, 0.25) is 0 Å². The molecule has 0 aliphatic carbocycles. The summed E-state index contributed by atoms with van der Waals surface area (Å²) < 4.78 is 14.4. The van der Waals surface area contributed by atoms with Gasteiger partial charge in [-0.25, -0.2) is 9.59 Å². The van der Waals surface area contributed by atoms with E-state index in [-0.39, 0.29) is 25.2 Å². The standard InChI is InChI=1S/C15H19NO8/c1-22-14(18)11-8-10(4-7-24-6-3-5-17)9-12(16(20)21)13(11)15(19)23-2/h8-9,17H,3-7H2,1-2H3. The fraction of sp³-hybridized carbons (Fsp3) is 0.467. The van der Waals surface area contributed by atoms with Gasteiger partial charge in [-0.15, -0.1) is 0 Å². The second-order valence-electron chi connectivity index (χ2n) is 4.72. The van der Waals surface area contributed by atoms with Crippen molar-refractivity contribution < 1.29 is 33.8 Å². The molecule has 0 aliphatic rings. The Labute approximate surface area is 138 Å². The number of nitro benzene ring substituents is 1. The van der Waals surface area contributed by atoms with Crippen LogP contribution in [0.4, 0.5) is 5.69 Å². The van der Waals surface area contributed by atoms with Crippen molar-refractivity contribution in [2.45, 2.75) is 12.8 Å². The number of benzene rings is 1. The van der Waals surface area contributed by atoms with E-state index in [1.807, 2.05) is 0 Å². The van der Waals surface area contributed by atoms with E-state index in [0.29, 0.717) is 18.6 Å². The lowest BCUT2D eigenvalue weighted by molar-refractivity contribution is -0.385.